The van der Waals surface area contributed by atoms with Crippen LogP contribution in [0.5, 0.6) is 0 Å². The van der Waals surface area contributed by atoms with Crippen molar-refractivity contribution in [3.63, 3.8) is 0 Å². The molecule has 1 aromatic carbocycles. The molecule has 84 valence electrons. The van der Waals surface area contributed by atoms with Crippen LogP contribution in [-0.4, -0.2) is 0 Å². The Balaban J connectivity index is 2.40. The third-order valence-electron chi connectivity index (χ3n) is 2.24. The summed E-state index contributed by atoms with van der Waals surface area (Å²) in [7, 11) is 0. The zero-order valence-corrected chi connectivity index (χ0v) is 13.0. The lowest BCUT2D eigenvalue weighted by Crippen LogP contribution is -1.93. The fourth-order valence-electron chi connectivity index (χ4n) is 1.45. The van der Waals surface area contributed by atoms with Crippen LogP contribution < -0.4 is 0 Å². The Morgan fingerprint density at radius 2 is 2.00 bits per heavy atom. The van der Waals surface area contributed by atoms with E-state index in [1.54, 1.807) is 11.3 Å². The smallest absolute Gasteiger partial charge is 0.0938 e. The SMILES string of the molecule is Cc1ccc(C(Cl)c2cc(Cl)ccc2I)s1. The van der Waals surface area contributed by atoms with Crippen LogP contribution in [0, 0.1) is 10.5 Å². The Kier molecular flexibility index (Phi) is 4.16. The second-order valence-corrected chi connectivity index (χ2v) is 6.83. The third-order valence-corrected chi connectivity index (χ3v) is 5.12. The Bertz CT molecular complexity index is 507. The molecule has 0 saturated heterocycles. The number of rotatable bonds is 2. The van der Waals surface area contributed by atoms with E-state index in [9.17, 15) is 0 Å². The predicted molar refractivity (Wildman–Crippen MR) is 80.9 cm³/mol. The summed E-state index contributed by atoms with van der Waals surface area (Å²) in [4.78, 5) is 2.44. The average molecular weight is 383 g/mol. The Hall–Kier alpha value is 0.230. The normalized spacial score (nSPS) is 12.8. The maximum atomic E-state index is 6.47. The third kappa shape index (κ3) is 2.73. The molecule has 0 radical (unpaired) electrons. The molecule has 0 aliphatic rings. The van der Waals surface area contributed by atoms with Gasteiger partial charge in [-0.1, -0.05) is 11.6 Å². The lowest BCUT2D eigenvalue weighted by Gasteiger charge is -2.10. The van der Waals surface area contributed by atoms with Crippen LogP contribution in [0.25, 0.3) is 0 Å². The van der Waals surface area contributed by atoms with Crippen molar-refractivity contribution in [1.82, 2.24) is 0 Å². The van der Waals surface area contributed by atoms with E-state index in [4.69, 9.17) is 23.2 Å². The van der Waals surface area contributed by atoms with Crippen LogP contribution in [0.2, 0.25) is 5.02 Å². The Morgan fingerprint density at radius 1 is 1.25 bits per heavy atom. The highest BCUT2D eigenvalue weighted by Gasteiger charge is 2.15. The van der Waals surface area contributed by atoms with Gasteiger partial charge >= 0.3 is 0 Å². The zero-order chi connectivity index (χ0) is 11.7. The minimum absolute atomic E-state index is 0.107. The summed E-state index contributed by atoms with van der Waals surface area (Å²) in [6.07, 6.45) is 0. The fourth-order valence-corrected chi connectivity index (χ4v) is 3.72. The number of benzene rings is 1. The summed E-state index contributed by atoms with van der Waals surface area (Å²) in [6.45, 7) is 2.08. The van der Waals surface area contributed by atoms with Gasteiger partial charge in [-0.05, 0) is 65.4 Å². The highest BCUT2D eigenvalue weighted by Crippen LogP contribution is 2.36. The molecule has 1 atom stereocenters. The summed E-state index contributed by atoms with van der Waals surface area (Å²) in [5, 5.41) is 0.624. The van der Waals surface area contributed by atoms with Gasteiger partial charge in [0, 0.05) is 18.3 Å². The van der Waals surface area contributed by atoms with Crippen LogP contribution in [0.4, 0.5) is 0 Å². The van der Waals surface area contributed by atoms with Gasteiger partial charge < -0.3 is 0 Å². The molecule has 2 aromatic rings. The summed E-state index contributed by atoms with van der Waals surface area (Å²) in [5.41, 5.74) is 1.08. The minimum atomic E-state index is -0.107. The van der Waals surface area contributed by atoms with Crippen LogP contribution in [0.3, 0.4) is 0 Å². The van der Waals surface area contributed by atoms with Crippen molar-refractivity contribution in [2.24, 2.45) is 0 Å². The van der Waals surface area contributed by atoms with E-state index in [1.165, 1.54) is 9.75 Å². The van der Waals surface area contributed by atoms with E-state index in [0.717, 1.165) is 14.2 Å². The predicted octanol–water partition coefficient (Wildman–Crippen LogP) is 5.64. The molecule has 1 unspecified atom stereocenters. The highest BCUT2D eigenvalue weighted by molar-refractivity contribution is 14.1. The van der Waals surface area contributed by atoms with Crippen molar-refractivity contribution >= 4 is 57.1 Å². The van der Waals surface area contributed by atoms with Crippen molar-refractivity contribution < 1.29 is 0 Å². The van der Waals surface area contributed by atoms with E-state index in [1.807, 2.05) is 18.2 Å². The van der Waals surface area contributed by atoms with Gasteiger partial charge in [-0.15, -0.1) is 22.9 Å². The van der Waals surface area contributed by atoms with Crippen molar-refractivity contribution in [3.05, 3.63) is 54.2 Å². The standard InChI is InChI=1S/C12H9Cl2IS/c1-7-2-5-11(16-7)12(14)9-6-8(13)3-4-10(9)15/h2-6,12H,1H3. The first-order valence-corrected chi connectivity index (χ1v) is 7.44. The quantitative estimate of drug-likeness (QED) is 0.465. The second-order valence-electron chi connectivity index (χ2n) is 3.48. The van der Waals surface area contributed by atoms with Crippen LogP contribution in [0.1, 0.15) is 20.7 Å². The molecule has 1 heterocycles. The monoisotopic (exact) mass is 382 g/mol. The van der Waals surface area contributed by atoms with Gasteiger partial charge in [0.05, 0.1) is 5.38 Å². The molecule has 0 amide bonds. The van der Waals surface area contributed by atoms with E-state index < -0.39 is 0 Å². The summed E-state index contributed by atoms with van der Waals surface area (Å²) >= 11 is 16.5. The first-order valence-electron chi connectivity index (χ1n) is 4.73. The van der Waals surface area contributed by atoms with Gasteiger partial charge in [-0.3, -0.25) is 0 Å². The molecule has 0 aliphatic carbocycles. The highest BCUT2D eigenvalue weighted by atomic mass is 127. The van der Waals surface area contributed by atoms with Crippen molar-refractivity contribution in [2.45, 2.75) is 12.3 Å². The molecule has 0 bridgehead atoms. The van der Waals surface area contributed by atoms with Gasteiger partial charge in [0.2, 0.25) is 0 Å². The average Bonchev–Trinajstić information content (AvgIpc) is 2.67. The maximum absolute atomic E-state index is 6.47. The van der Waals surface area contributed by atoms with Gasteiger partial charge in [-0.2, -0.15) is 0 Å². The van der Waals surface area contributed by atoms with Gasteiger partial charge in [0.15, 0.2) is 0 Å². The molecule has 0 fully saturated rings. The van der Waals surface area contributed by atoms with Gasteiger partial charge in [0.25, 0.3) is 0 Å². The number of thiophene rings is 1. The lowest BCUT2D eigenvalue weighted by atomic mass is 10.1. The molecule has 0 spiro atoms. The van der Waals surface area contributed by atoms with E-state index in [0.29, 0.717) is 0 Å². The molecule has 0 saturated carbocycles. The lowest BCUT2D eigenvalue weighted by molar-refractivity contribution is 1.17. The molecule has 16 heavy (non-hydrogen) atoms. The number of hydrogen-bond donors (Lipinski definition) is 0. The molecule has 2 rings (SSSR count). The minimum Gasteiger partial charge on any atom is -0.144 e. The molecular formula is C12H9Cl2IS. The topological polar surface area (TPSA) is 0 Å². The number of aryl methyl sites for hydroxylation is 1. The van der Waals surface area contributed by atoms with Gasteiger partial charge in [-0.25, -0.2) is 0 Å². The van der Waals surface area contributed by atoms with Crippen LogP contribution >= 0.6 is 57.1 Å². The molecule has 0 aliphatic heterocycles. The van der Waals surface area contributed by atoms with Gasteiger partial charge in [0.1, 0.15) is 0 Å². The molecule has 1 aromatic heterocycles. The Labute approximate surface area is 123 Å². The second kappa shape index (κ2) is 5.25. The summed E-state index contributed by atoms with van der Waals surface area (Å²) in [6, 6.07) is 9.99. The number of hydrogen-bond acceptors (Lipinski definition) is 1. The van der Waals surface area contributed by atoms with E-state index in [-0.39, 0.29) is 5.38 Å². The largest absolute Gasteiger partial charge is 0.144 e. The number of halogens is 3. The first kappa shape index (κ1) is 12.7. The molecule has 0 nitrogen and oxygen atoms in total. The zero-order valence-electron chi connectivity index (χ0n) is 8.51. The molecule has 4 heteroatoms. The van der Waals surface area contributed by atoms with Crippen LogP contribution in [-0.2, 0) is 0 Å². The summed E-state index contributed by atoms with van der Waals surface area (Å²) < 4.78 is 1.15. The first-order chi connectivity index (χ1) is 7.58. The van der Waals surface area contributed by atoms with E-state index >= 15 is 0 Å². The van der Waals surface area contributed by atoms with E-state index in [2.05, 4.69) is 41.6 Å². The maximum Gasteiger partial charge on any atom is 0.0938 e. The van der Waals surface area contributed by atoms with Crippen LogP contribution in [0.15, 0.2) is 30.3 Å². The van der Waals surface area contributed by atoms with Crippen molar-refractivity contribution in [2.75, 3.05) is 0 Å². The van der Waals surface area contributed by atoms with Crippen molar-refractivity contribution in [1.29, 1.82) is 0 Å². The number of alkyl halides is 1. The summed E-state index contributed by atoms with van der Waals surface area (Å²) in [5.74, 6) is 0. The fraction of sp³-hybridized carbons (Fsp3) is 0.167. The molecular weight excluding hydrogens is 374 g/mol. The molecule has 0 N–H and O–H groups in total. The Morgan fingerprint density at radius 3 is 2.62 bits per heavy atom. The van der Waals surface area contributed by atoms with Crippen molar-refractivity contribution in [3.8, 4) is 0 Å².